The van der Waals surface area contributed by atoms with Gasteiger partial charge in [-0.3, -0.25) is 4.79 Å². The molecule has 0 saturated carbocycles. The average molecular weight is 377 g/mol. The molecule has 1 amide bonds. The van der Waals surface area contributed by atoms with Gasteiger partial charge in [-0.25, -0.2) is 0 Å². The third kappa shape index (κ3) is 3.88. The maximum Gasteiger partial charge on any atom is 0.264 e. The molecule has 0 atom stereocenters. The monoisotopic (exact) mass is 376 g/mol. The number of nitrogens with zero attached hydrogens (tertiary/aromatic N) is 2. The molecule has 1 saturated heterocycles. The van der Waals surface area contributed by atoms with Crippen molar-refractivity contribution in [2.45, 2.75) is 0 Å². The largest absolute Gasteiger partial charge is 0.457 e. The number of ether oxygens (including phenoxy) is 1. The molecule has 128 valence electrons. The van der Waals surface area contributed by atoms with Crippen molar-refractivity contribution in [2.75, 3.05) is 26.3 Å². The van der Waals surface area contributed by atoms with Crippen LogP contribution in [0.4, 0.5) is 0 Å². The van der Waals surface area contributed by atoms with E-state index in [1.54, 1.807) is 35.2 Å². The van der Waals surface area contributed by atoms with Gasteiger partial charge < -0.3 is 14.1 Å². The number of halogens is 2. The van der Waals surface area contributed by atoms with Crippen molar-refractivity contribution in [1.29, 1.82) is 5.26 Å². The molecule has 1 aliphatic rings. The SMILES string of the molecule is N#CC(=Cc1ccc(-c2cccc(Cl)c2Cl)o1)C(=O)N1CCOCC1. The number of morpholine rings is 1. The zero-order valence-corrected chi connectivity index (χ0v) is 14.7. The topological polar surface area (TPSA) is 66.5 Å². The van der Waals surface area contributed by atoms with E-state index < -0.39 is 0 Å². The third-order valence-corrected chi connectivity index (χ3v) is 4.60. The molecule has 0 radical (unpaired) electrons. The van der Waals surface area contributed by atoms with Crippen LogP contribution in [0.15, 0.2) is 40.3 Å². The van der Waals surface area contributed by atoms with E-state index in [1.165, 1.54) is 6.08 Å². The summed E-state index contributed by atoms with van der Waals surface area (Å²) >= 11 is 12.2. The van der Waals surface area contributed by atoms with E-state index in [1.807, 2.05) is 6.07 Å². The molecule has 25 heavy (non-hydrogen) atoms. The first-order valence-electron chi connectivity index (χ1n) is 7.63. The Morgan fingerprint density at radius 2 is 1.96 bits per heavy atom. The number of rotatable bonds is 3. The number of hydrogen-bond donors (Lipinski definition) is 0. The van der Waals surface area contributed by atoms with Crippen LogP contribution in [0.2, 0.25) is 10.0 Å². The molecule has 2 heterocycles. The summed E-state index contributed by atoms with van der Waals surface area (Å²) in [4.78, 5) is 14.0. The van der Waals surface area contributed by atoms with Crippen LogP contribution in [0.5, 0.6) is 0 Å². The van der Waals surface area contributed by atoms with Gasteiger partial charge in [0.05, 0.1) is 23.3 Å². The molecule has 0 aliphatic carbocycles. The molecule has 1 aliphatic heterocycles. The third-order valence-electron chi connectivity index (χ3n) is 3.78. The fourth-order valence-electron chi connectivity index (χ4n) is 2.49. The summed E-state index contributed by atoms with van der Waals surface area (Å²) in [6.07, 6.45) is 1.43. The van der Waals surface area contributed by atoms with Crippen LogP contribution in [-0.4, -0.2) is 37.1 Å². The number of nitriles is 1. The van der Waals surface area contributed by atoms with Gasteiger partial charge in [-0.2, -0.15) is 5.26 Å². The van der Waals surface area contributed by atoms with E-state index in [4.69, 9.17) is 32.4 Å². The zero-order chi connectivity index (χ0) is 17.8. The first-order valence-corrected chi connectivity index (χ1v) is 8.39. The highest BCUT2D eigenvalue weighted by Crippen LogP contribution is 2.34. The minimum absolute atomic E-state index is 0.0139. The Morgan fingerprint density at radius 1 is 1.20 bits per heavy atom. The predicted octanol–water partition coefficient (Wildman–Crippen LogP) is 4.02. The molecule has 0 bridgehead atoms. The molecule has 7 heteroatoms. The second kappa shape index (κ2) is 7.75. The Bertz CT molecular complexity index is 861. The summed E-state index contributed by atoms with van der Waals surface area (Å²) in [5.41, 5.74) is 0.659. The molecule has 5 nitrogen and oxygen atoms in total. The normalized spacial score (nSPS) is 15.1. The second-order valence-corrected chi connectivity index (χ2v) is 6.16. The van der Waals surface area contributed by atoms with Crippen molar-refractivity contribution >= 4 is 35.2 Å². The van der Waals surface area contributed by atoms with Gasteiger partial charge in [-0.1, -0.05) is 29.3 Å². The van der Waals surface area contributed by atoms with Crippen LogP contribution in [0, 0.1) is 11.3 Å². The minimum Gasteiger partial charge on any atom is -0.457 e. The predicted molar refractivity (Wildman–Crippen MR) is 95.2 cm³/mol. The Kier molecular flexibility index (Phi) is 5.44. The maximum atomic E-state index is 12.4. The highest BCUT2D eigenvalue weighted by Gasteiger charge is 2.21. The number of carbonyl (C=O) groups is 1. The van der Waals surface area contributed by atoms with E-state index in [-0.39, 0.29) is 11.5 Å². The lowest BCUT2D eigenvalue weighted by Crippen LogP contribution is -2.41. The van der Waals surface area contributed by atoms with Crippen molar-refractivity contribution in [3.63, 3.8) is 0 Å². The molecule has 1 aromatic heterocycles. The molecule has 0 N–H and O–H groups in total. The number of furan rings is 1. The van der Waals surface area contributed by atoms with E-state index in [2.05, 4.69) is 0 Å². The first-order chi connectivity index (χ1) is 12.1. The molecule has 1 aromatic carbocycles. The van der Waals surface area contributed by atoms with Gasteiger partial charge in [0.2, 0.25) is 0 Å². The van der Waals surface area contributed by atoms with E-state index in [0.717, 1.165) is 0 Å². The summed E-state index contributed by atoms with van der Waals surface area (Å²) in [6.45, 7) is 1.89. The quantitative estimate of drug-likeness (QED) is 0.599. The Morgan fingerprint density at radius 3 is 2.68 bits per heavy atom. The fraction of sp³-hybridized carbons (Fsp3) is 0.222. The molecule has 2 aromatic rings. The summed E-state index contributed by atoms with van der Waals surface area (Å²) < 4.78 is 10.9. The van der Waals surface area contributed by atoms with Crippen LogP contribution in [-0.2, 0) is 9.53 Å². The van der Waals surface area contributed by atoms with Crippen LogP contribution in [0.25, 0.3) is 17.4 Å². The van der Waals surface area contributed by atoms with Crippen LogP contribution in [0.3, 0.4) is 0 Å². The highest BCUT2D eigenvalue weighted by molar-refractivity contribution is 6.43. The smallest absolute Gasteiger partial charge is 0.264 e. The van der Waals surface area contributed by atoms with Crippen molar-refractivity contribution in [2.24, 2.45) is 0 Å². The number of carbonyl (C=O) groups excluding carboxylic acids is 1. The van der Waals surface area contributed by atoms with Gasteiger partial charge in [0, 0.05) is 24.7 Å². The zero-order valence-electron chi connectivity index (χ0n) is 13.2. The Hall–Kier alpha value is -2.26. The van der Waals surface area contributed by atoms with E-state index in [0.29, 0.717) is 53.4 Å². The summed E-state index contributed by atoms with van der Waals surface area (Å²) in [7, 11) is 0. The lowest BCUT2D eigenvalue weighted by Gasteiger charge is -2.26. The summed E-state index contributed by atoms with van der Waals surface area (Å²) in [5, 5.41) is 10.1. The lowest BCUT2D eigenvalue weighted by molar-refractivity contribution is -0.130. The van der Waals surface area contributed by atoms with E-state index in [9.17, 15) is 10.1 Å². The molecule has 0 spiro atoms. The van der Waals surface area contributed by atoms with Crippen LogP contribution >= 0.6 is 23.2 Å². The van der Waals surface area contributed by atoms with Crippen molar-refractivity contribution < 1.29 is 13.9 Å². The van der Waals surface area contributed by atoms with Gasteiger partial charge in [0.1, 0.15) is 23.2 Å². The standard InChI is InChI=1S/C18H14Cl2N2O3/c19-15-3-1-2-14(17(15)20)16-5-4-13(25-16)10-12(11-21)18(23)22-6-8-24-9-7-22/h1-5,10H,6-9H2. The number of amides is 1. The molecule has 1 fully saturated rings. The van der Waals surface area contributed by atoms with Crippen molar-refractivity contribution in [1.82, 2.24) is 4.90 Å². The maximum absolute atomic E-state index is 12.4. The highest BCUT2D eigenvalue weighted by atomic mass is 35.5. The van der Waals surface area contributed by atoms with Gasteiger partial charge >= 0.3 is 0 Å². The second-order valence-electron chi connectivity index (χ2n) is 5.38. The average Bonchev–Trinajstić information content (AvgIpc) is 3.10. The molecule has 3 rings (SSSR count). The Labute approximate surface area is 155 Å². The van der Waals surface area contributed by atoms with Crippen LogP contribution in [0.1, 0.15) is 5.76 Å². The number of benzene rings is 1. The van der Waals surface area contributed by atoms with Crippen molar-refractivity contribution in [3.05, 3.63) is 51.7 Å². The van der Waals surface area contributed by atoms with Gasteiger partial charge in [-0.05, 0) is 24.3 Å². The Balaban J connectivity index is 1.85. The fourth-order valence-corrected chi connectivity index (χ4v) is 2.88. The van der Waals surface area contributed by atoms with Gasteiger partial charge in [0.15, 0.2) is 0 Å². The first kappa shape index (κ1) is 17.6. The van der Waals surface area contributed by atoms with Crippen LogP contribution < -0.4 is 0 Å². The van der Waals surface area contributed by atoms with Crippen molar-refractivity contribution in [3.8, 4) is 17.4 Å². The van der Waals surface area contributed by atoms with Gasteiger partial charge in [-0.15, -0.1) is 0 Å². The van der Waals surface area contributed by atoms with E-state index >= 15 is 0 Å². The summed E-state index contributed by atoms with van der Waals surface area (Å²) in [5.74, 6) is 0.573. The molecular weight excluding hydrogens is 363 g/mol. The molecular formula is C18H14Cl2N2O3. The summed E-state index contributed by atoms with van der Waals surface area (Å²) in [6, 6.07) is 10.6. The lowest BCUT2D eigenvalue weighted by atomic mass is 10.2. The molecule has 0 unspecified atom stereocenters. The number of hydrogen-bond acceptors (Lipinski definition) is 4. The van der Waals surface area contributed by atoms with Gasteiger partial charge in [0.25, 0.3) is 5.91 Å². The minimum atomic E-state index is -0.329.